The Morgan fingerprint density at radius 2 is 1.85 bits per heavy atom. The first-order chi connectivity index (χ1) is 9.58. The number of nitrogens with one attached hydrogen (secondary N) is 1. The smallest absolute Gasteiger partial charge is 0.0408 e. The van der Waals surface area contributed by atoms with Crippen LogP contribution in [0.25, 0.3) is 0 Å². The zero-order valence-electron chi connectivity index (χ0n) is 12.4. The molecule has 0 aliphatic heterocycles. The maximum absolute atomic E-state index is 6.06. The number of rotatable bonds is 5. The summed E-state index contributed by atoms with van der Waals surface area (Å²) in [5.41, 5.74) is 5.39. The molecule has 0 fully saturated rings. The molecule has 2 rings (SSSR count). The Hall–Kier alpha value is -1.31. The second kappa shape index (κ2) is 6.92. The lowest BCUT2D eigenvalue weighted by Crippen LogP contribution is -2.30. The number of aryl methyl sites for hydroxylation is 2. The third-order valence-electron chi connectivity index (χ3n) is 3.75. The Bertz CT molecular complexity index is 577. The molecule has 2 heteroatoms. The first-order valence-electron chi connectivity index (χ1n) is 7.06. The molecule has 1 N–H and O–H groups in total. The second-order valence-electron chi connectivity index (χ2n) is 5.45. The molecule has 0 aromatic heterocycles. The van der Waals surface area contributed by atoms with Crippen molar-refractivity contribution >= 4 is 11.6 Å². The Labute approximate surface area is 127 Å². The summed E-state index contributed by atoms with van der Waals surface area (Å²) < 4.78 is 0. The molecule has 2 aromatic carbocycles. The summed E-state index contributed by atoms with van der Waals surface area (Å²) in [5.74, 6) is 0. The van der Waals surface area contributed by atoms with Crippen LogP contribution in [0.1, 0.15) is 22.3 Å². The summed E-state index contributed by atoms with van der Waals surface area (Å²) in [6, 6.07) is 15.2. The highest BCUT2D eigenvalue weighted by molar-refractivity contribution is 6.30. The SMILES string of the molecule is CNC(Cc1cccc(Cl)c1)Cc1cc(C)ccc1C. The molecule has 0 saturated heterocycles. The van der Waals surface area contributed by atoms with Gasteiger partial charge >= 0.3 is 0 Å². The van der Waals surface area contributed by atoms with Crippen molar-refractivity contribution < 1.29 is 0 Å². The fourth-order valence-electron chi connectivity index (χ4n) is 2.51. The summed E-state index contributed by atoms with van der Waals surface area (Å²) in [6.45, 7) is 4.33. The molecule has 2 aromatic rings. The van der Waals surface area contributed by atoms with Gasteiger partial charge in [-0.1, -0.05) is 47.5 Å². The van der Waals surface area contributed by atoms with Crippen LogP contribution < -0.4 is 5.32 Å². The predicted octanol–water partition coefficient (Wildman–Crippen LogP) is 4.33. The molecule has 0 saturated carbocycles. The van der Waals surface area contributed by atoms with Crippen molar-refractivity contribution in [2.75, 3.05) is 7.05 Å². The molecule has 0 radical (unpaired) electrons. The first-order valence-corrected chi connectivity index (χ1v) is 7.44. The number of halogens is 1. The normalized spacial score (nSPS) is 12.4. The van der Waals surface area contributed by atoms with Crippen LogP contribution in [-0.4, -0.2) is 13.1 Å². The molecule has 1 nitrogen and oxygen atoms in total. The maximum atomic E-state index is 6.06. The van der Waals surface area contributed by atoms with Crippen molar-refractivity contribution in [1.82, 2.24) is 5.32 Å². The van der Waals surface area contributed by atoms with E-state index < -0.39 is 0 Å². The Kier molecular flexibility index (Phi) is 5.22. The number of likely N-dealkylation sites (N-methyl/N-ethyl adjacent to an activating group) is 1. The van der Waals surface area contributed by atoms with Crippen molar-refractivity contribution in [1.29, 1.82) is 0 Å². The fraction of sp³-hybridized carbons (Fsp3) is 0.333. The summed E-state index contributed by atoms with van der Waals surface area (Å²) in [4.78, 5) is 0. The largest absolute Gasteiger partial charge is 0.316 e. The molecule has 0 amide bonds. The summed E-state index contributed by atoms with van der Waals surface area (Å²) in [7, 11) is 2.03. The van der Waals surface area contributed by atoms with Crippen LogP contribution in [0.2, 0.25) is 5.02 Å². The Morgan fingerprint density at radius 3 is 2.55 bits per heavy atom. The van der Waals surface area contributed by atoms with Crippen molar-refractivity contribution in [2.45, 2.75) is 32.7 Å². The number of benzene rings is 2. The van der Waals surface area contributed by atoms with Gasteiger partial charge in [0.05, 0.1) is 0 Å². The third kappa shape index (κ3) is 4.09. The Morgan fingerprint density at radius 1 is 1.05 bits per heavy atom. The van der Waals surface area contributed by atoms with Gasteiger partial charge < -0.3 is 5.32 Å². The first kappa shape index (κ1) is 15.1. The number of hydrogen-bond acceptors (Lipinski definition) is 1. The van der Waals surface area contributed by atoms with Crippen molar-refractivity contribution in [2.24, 2.45) is 0 Å². The van der Waals surface area contributed by atoms with E-state index in [0.717, 1.165) is 17.9 Å². The van der Waals surface area contributed by atoms with Gasteiger partial charge in [-0.25, -0.2) is 0 Å². The van der Waals surface area contributed by atoms with Crippen molar-refractivity contribution in [3.05, 3.63) is 69.7 Å². The van der Waals surface area contributed by atoms with E-state index in [1.807, 2.05) is 19.2 Å². The van der Waals surface area contributed by atoms with Crippen LogP contribution >= 0.6 is 11.6 Å². The van der Waals surface area contributed by atoms with Gasteiger partial charge in [0.2, 0.25) is 0 Å². The van der Waals surface area contributed by atoms with Crippen molar-refractivity contribution in [3.8, 4) is 0 Å². The molecule has 20 heavy (non-hydrogen) atoms. The average molecular weight is 288 g/mol. The minimum absolute atomic E-state index is 0.425. The van der Waals surface area contributed by atoms with E-state index in [2.05, 4.69) is 49.5 Å². The quantitative estimate of drug-likeness (QED) is 0.863. The summed E-state index contributed by atoms with van der Waals surface area (Å²) in [6.07, 6.45) is 2.03. The standard InChI is InChI=1S/C18H22ClN/c1-13-7-8-14(2)16(9-13)12-18(20-3)11-15-5-4-6-17(19)10-15/h4-10,18,20H,11-12H2,1-3H3. The maximum Gasteiger partial charge on any atom is 0.0408 e. The van der Waals surface area contributed by atoms with Crippen LogP contribution in [0.3, 0.4) is 0 Å². The van der Waals surface area contributed by atoms with Crippen LogP contribution in [0.4, 0.5) is 0 Å². The molecule has 0 aliphatic carbocycles. The molecule has 0 spiro atoms. The van der Waals surface area contributed by atoms with E-state index in [9.17, 15) is 0 Å². The molecule has 0 heterocycles. The lowest BCUT2D eigenvalue weighted by molar-refractivity contribution is 0.555. The zero-order chi connectivity index (χ0) is 14.5. The zero-order valence-corrected chi connectivity index (χ0v) is 13.2. The lowest BCUT2D eigenvalue weighted by atomic mass is 9.95. The van der Waals surface area contributed by atoms with Crippen LogP contribution in [0.15, 0.2) is 42.5 Å². The highest BCUT2D eigenvalue weighted by atomic mass is 35.5. The van der Waals surface area contributed by atoms with Gasteiger partial charge in [-0.3, -0.25) is 0 Å². The summed E-state index contributed by atoms with van der Waals surface area (Å²) >= 11 is 6.06. The van der Waals surface area contributed by atoms with E-state index in [1.165, 1.54) is 22.3 Å². The van der Waals surface area contributed by atoms with Gasteiger partial charge in [0, 0.05) is 11.1 Å². The molecule has 0 bridgehead atoms. The summed E-state index contributed by atoms with van der Waals surface area (Å²) in [5, 5.41) is 4.23. The topological polar surface area (TPSA) is 12.0 Å². The van der Waals surface area contributed by atoms with Gasteiger partial charge in [0.1, 0.15) is 0 Å². The van der Waals surface area contributed by atoms with Gasteiger partial charge in [-0.15, -0.1) is 0 Å². The molecule has 106 valence electrons. The van der Waals surface area contributed by atoms with Gasteiger partial charge in [0.15, 0.2) is 0 Å². The van der Waals surface area contributed by atoms with E-state index in [1.54, 1.807) is 0 Å². The monoisotopic (exact) mass is 287 g/mol. The van der Waals surface area contributed by atoms with Crippen molar-refractivity contribution in [3.63, 3.8) is 0 Å². The molecular formula is C18H22ClN. The molecule has 1 unspecified atom stereocenters. The van der Waals surface area contributed by atoms with Crippen LogP contribution in [0, 0.1) is 13.8 Å². The average Bonchev–Trinajstić information content (AvgIpc) is 2.42. The third-order valence-corrected chi connectivity index (χ3v) is 3.99. The van der Waals surface area contributed by atoms with Gasteiger partial charge in [0.25, 0.3) is 0 Å². The predicted molar refractivity (Wildman–Crippen MR) is 87.6 cm³/mol. The lowest BCUT2D eigenvalue weighted by Gasteiger charge is -2.18. The van der Waals surface area contributed by atoms with E-state index in [4.69, 9.17) is 11.6 Å². The fourth-order valence-corrected chi connectivity index (χ4v) is 2.72. The van der Waals surface area contributed by atoms with Crippen LogP contribution in [0.5, 0.6) is 0 Å². The molecule has 0 aliphatic rings. The minimum Gasteiger partial charge on any atom is -0.316 e. The van der Waals surface area contributed by atoms with Gasteiger partial charge in [-0.2, -0.15) is 0 Å². The van der Waals surface area contributed by atoms with E-state index >= 15 is 0 Å². The van der Waals surface area contributed by atoms with E-state index in [-0.39, 0.29) is 0 Å². The van der Waals surface area contributed by atoms with E-state index in [0.29, 0.717) is 6.04 Å². The van der Waals surface area contributed by atoms with Gasteiger partial charge in [-0.05, 0) is 62.6 Å². The highest BCUT2D eigenvalue weighted by Gasteiger charge is 2.10. The van der Waals surface area contributed by atoms with Crippen LogP contribution in [-0.2, 0) is 12.8 Å². The Balaban J connectivity index is 2.11. The molecule has 1 atom stereocenters. The second-order valence-corrected chi connectivity index (χ2v) is 5.89. The molecular weight excluding hydrogens is 266 g/mol. The highest BCUT2D eigenvalue weighted by Crippen LogP contribution is 2.17. The minimum atomic E-state index is 0.425. The number of hydrogen-bond donors (Lipinski definition) is 1.